The van der Waals surface area contributed by atoms with Gasteiger partial charge in [-0.25, -0.2) is 15.0 Å². The van der Waals surface area contributed by atoms with Gasteiger partial charge in [0.2, 0.25) is 5.91 Å². The summed E-state index contributed by atoms with van der Waals surface area (Å²) < 4.78 is 1.40. The number of hydrogen-bond acceptors (Lipinski definition) is 7. The zero-order valence-corrected chi connectivity index (χ0v) is 16.5. The van der Waals surface area contributed by atoms with Gasteiger partial charge in [-0.05, 0) is 24.6 Å². The van der Waals surface area contributed by atoms with E-state index in [2.05, 4.69) is 31.7 Å². The van der Waals surface area contributed by atoms with Crippen molar-refractivity contribution in [3.63, 3.8) is 0 Å². The molecule has 5 rings (SSSR count). The van der Waals surface area contributed by atoms with Crippen LogP contribution in [-0.2, 0) is 4.79 Å². The highest BCUT2D eigenvalue weighted by Crippen LogP contribution is 2.27. The van der Waals surface area contributed by atoms with Gasteiger partial charge >= 0.3 is 0 Å². The smallest absolute Gasteiger partial charge is 0.270 e. The molecule has 10 nitrogen and oxygen atoms in total. The lowest BCUT2D eigenvalue weighted by Gasteiger charge is -2.37. The van der Waals surface area contributed by atoms with E-state index < -0.39 is 5.56 Å². The first-order chi connectivity index (χ1) is 15.0. The van der Waals surface area contributed by atoms with Crippen molar-refractivity contribution in [2.75, 3.05) is 13.1 Å². The molecule has 1 N–H and O–H groups in total. The number of carbonyl (C=O) groups excluding carboxylic acids is 1. The molecule has 10 heteroatoms. The molecule has 3 aromatic heterocycles. The number of carbonyl (C=O) groups is 1. The Morgan fingerprint density at radius 2 is 2.16 bits per heavy atom. The number of nitriles is 1. The lowest BCUT2D eigenvalue weighted by molar-refractivity contribution is -0.130. The molecule has 1 aliphatic heterocycles. The van der Waals surface area contributed by atoms with Gasteiger partial charge in [0.15, 0.2) is 11.3 Å². The van der Waals surface area contributed by atoms with E-state index in [1.54, 1.807) is 11.1 Å². The number of rotatable bonds is 3. The van der Waals surface area contributed by atoms with Gasteiger partial charge < -0.3 is 4.90 Å². The fourth-order valence-electron chi connectivity index (χ4n) is 3.85. The minimum Gasteiger partial charge on any atom is -0.338 e. The number of aromatic nitrogens is 6. The summed E-state index contributed by atoms with van der Waals surface area (Å²) in [5.41, 5.74) is 1.97. The summed E-state index contributed by atoms with van der Waals surface area (Å²) in [6.45, 7) is 6.22. The van der Waals surface area contributed by atoms with Gasteiger partial charge in [0.1, 0.15) is 23.6 Å². The molecule has 31 heavy (non-hydrogen) atoms. The van der Waals surface area contributed by atoms with Gasteiger partial charge in [0.25, 0.3) is 5.56 Å². The van der Waals surface area contributed by atoms with E-state index >= 15 is 0 Å². The van der Waals surface area contributed by atoms with Crippen molar-refractivity contribution in [3.8, 4) is 11.8 Å². The highest BCUT2D eigenvalue weighted by atomic mass is 16.2. The summed E-state index contributed by atoms with van der Waals surface area (Å²) in [4.78, 5) is 39.8. The summed E-state index contributed by atoms with van der Waals surface area (Å²) in [6, 6.07) is 5.77. The molecule has 4 heterocycles. The van der Waals surface area contributed by atoms with Crippen molar-refractivity contribution in [1.29, 1.82) is 5.26 Å². The summed E-state index contributed by atoms with van der Waals surface area (Å²) >= 11 is 0. The maximum Gasteiger partial charge on any atom is 0.270 e. The summed E-state index contributed by atoms with van der Waals surface area (Å²) in [5.74, 6) is 0.115. The molecule has 1 amide bonds. The van der Waals surface area contributed by atoms with Crippen LogP contribution in [0, 0.1) is 18.3 Å². The Bertz CT molecular complexity index is 1490. The van der Waals surface area contributed by atoms with Crippen molar-refractivity contribution in [2.24, 2.45) is 0 Å². The van der Waals surface area contributed by atoms with Crippen molar-refractivity contribution < 1.29 is 4.79 Å². The Morgan fingerprint density at radius 1 is 1.35 bits per heavy atom. The van der Waals surface area contributed by atoms with E-state index in [9.17, 15) is 14.9 Å². The number of nitrogens with zero attached hydrogens (tertiary/aromatic N) is 7. The highest BCUT2D eigenvalue weighted by molar-refractivity contribution is 5.89. The first kappa shape index (κ1) is 18.6. The van der Waals surface area contributed by atoms with Crippen LogP contribution in [0.25, 0.3) is 27.6 Å². The molecule has 4 aromatic rings. The highest BCUT2D eigenvalue weighted by Gasteiger charge is 2.33. The van der Waals surface area contributed by atoms with Crippen LogP contribution in [0.5, 0.6) is 0 Å². The molecule has 0 spiro atoms. The zero-order valence-electron chi connectivity index (χ0n) is 16.5. The Kier molecular flexibility index (Phi) is 4.11. The average Bonchev–Trinajstić information content (AvgIpc) is 3.21. The molecular formula is C21H16N8O2. The summed E-state index contributed by atoms with van der Waals surface area (Å²) in [7, 11) is 0. The number of benzene rings is 1. The van der Waals surface area contributed by atoms with E-state index in [0.29, 0.717) is 24.6 Å². The molecule has 0 saturated carbocycles. The normalized spacial score (nSPS) is 13.9. The quantitative estimate of drug-likeness (QED) is 0.502. The number of aromatic amines is 1. The second-order valence-electron chi connectivity index (χ2n) is 7.37. The zero-order chi connectivity index (χ0) is 21.7. The first-order valence-corrected chi connectivity index (χ1v) is 9.55. The summed E-state index contributed by atoms with van der Waals surface area (Å²) in [5, 5.41) is 17.4. The molecule has 0 atom stereocenters. The predicted octanol–water partition coefficient (Wildman–Crippen LogP) is 1.34. The predicted molar refractivity (Wildman–Crippen MR) is 112 cm³/mol. The molecule has 1 saturated heterocycles. The van der Waals surface area contributed by atoms with Gasteiger partial charge in [0, 0.05) is 18.5 Å². The van der Waals surface area contributed by atoms with Gasteiger partial charge in [-0.2, -0.15) is 10.4 Å². The van der Waals surface area contributed by atoms with Crippen LogP contribution in [0.3, 0.4) is 0 Å². The van der Waals surface area contributed by atoms with Crippen LogP contribution < -0.4 is 5.56 Å². The van der Waals surface area contributed by atoms with Crippen LogP contribution in [-0.4, -0.2) is 53.6 Å². The van der Waals surface area contributed by atoms with E-state index in [1.807, 2.05) is 25.1 Å². The molecule has 1 aliphatic rings. The van der Waals surface area contributed by atoms with Crippen LogP contribution in [0.1, 0.15) is 23.0 Å². The van der Waals surface area contributed by atoms with Crippen molar-refractivity contribution in [3.05, 3.63) is 64.7 Å². The van der Waals surface area contributed by atoms with Crippen molar-refractivity contribution in [1.82, 2.24) is 34.6 Å². The molecular weight excluding hydrogens is 396 g/mol. The number of fused-ring (bicyclic) bond motifs is 2. The molecule has 152 valence electrons. The number of likely N-dealkylation sites (tertiary alicyclic amines) is 1. The lowest BCUT2D eigenvalue weighted by atomic mass is 9.99. The van der Waals surface area contributed by atoms with Gasteiger partial charge in [-0.3, -0.25) is 19.3 Å². The van der Waals surface area contributed by atoms with Crippen molar-refractivity contribution >= 4 is 27.8 Å². The molecule has 1 aromatic carbocycles. The Morgan fingerprint density at radius 3 is 2.90 bits per heavy atom. The number of amides is 1. The topological polar surface area (TPSA) is 133 Å². The third-order valence-electron chi connectivity index (χ3n) is 5.51. The van der Waals surface area contributed by atoms with Crippen molar-refractivity contribution in [2.45, 2.75) is 12.8 Å². The molecule has 0 aliphatic carbocycles. The number of hydrogen-bond donors (Lipinski definition) is 1. The Labute approximate surface area is 175 Å². The molecule has 1 fully saturated rings. The monoisotopic (exact) mass is 412 g/mol. The number of aryl methyl sites for hydroxylation is 1. The standard InChI is InChI=1S/C21H16N8O2/c1-3-16(30)28-8-12(9-28)19-25-15(6-22)17-20(26-19)23-10-29(21(17)31)18-11(2)4-5-14-13(18)7-24-27-14/h3-5,7,10,12H,1,8-9H2,2H3,(H,24,27). The van der Waals surface area contributed by atoms with E-state index in [4.69, 9.17) is 0 Å². The minimum atomic E-state index is -0.429. The Hall–Kier alpha value is -4.39. The fraction of sp³-hybridized carbons (Fsp3) is 0.190. The van der Waals surface area contributed by atoms with E-state index in [-0.39, 0.29) is 28.6 Å². The third-order valence-corrected chi connectivity index (χ3v) is 5.51. The fourth-order valence-corrected chi connectivity index (χ4v) is 3.85. The van der Waals surface area contributed by atoms with E-state index in [1.165, 1.54) is 17.0 Å². The average molecular weight is 412 g/mol. The first-order valence-electron chi connectivity index (χ1n) is 9.55. The molecule has 0 bridgehead atoms. The number of H-pyrrole nitrogens is 1. The minimum absolute atomic E-state index is 0.0302. The van der Waals surface area contributed by atoms with Crippen LogP contribution in [0.4, 0.5) is 0 Å². The second-order valence-corrected chi connectivity index (χ2v) is 7.37. The number of nitrogens with one attached hydrogen (secondary N) is 1. The molecule has 0 radical (unpaired) electrons. The van der Waals surface area contributed by atoms with Gasteiger partial charge in [-0.15, -0.1) is 0 Å². The maximum absolute atomic E-state index is 13.4. The van der Waals surface area contributed by atoms with Crippen LogP contribution in [0.2, 0.25) is 0 Å². The SMILES string of the molecule is C=CC(=O)N1CC(c2nc(C#N)c3c(=O)n(-c4c(C)ccc5[nH]ncc45)cnc3n2)C1. The third kappa shape index (κ3) is 2.78. The van der Waals surface area contributed by atoms with E-state index in [0.717, 1.165) is 16.5 Å². The Balaban J connectivity index is 1.65. The van der Waals surface area contributed by atoms with Gasteiger partial charge in [-0.1, -0.05) is 12.6 Å². The molecule has 0 unspecified atom stereocenters. The van der Waals surface area contributed by atoms with Crippen LogP contribution >= 0.6 is 0 Å². The second kappa shape index (κ2) is 6.84. The largest absolute Gasteiger partial charge is 0.338 e. The van der Waals surface area contributed by atoms with Crippen LogP contribution in [0.15, 0.2) is 42.1 Å². The maximum atomic E-state index is 13.4. The van der Waals surface area contributed by atoms with Gasteiger partial charge in [0.05, 0.1) is 23.3 Å². The lowest BCUT2D eigenvalue weighted by Crippen LogP contribution is -2.48. The summed E-state index contributed by atoms with van der Waals surface area (Å²) in [6.07, 6.45) is 4.31.